The fraction of sp³-hybridized carbons (Fsp3) is 0.571. The van der Waals surface area contributed by atoms with Gasteiger partial charge >= 0.3 is 6.36 Å². The summed E-state index contributed by atoms with van der Waals surface area (Å²) in [6, 6.07) is 5.96. The van der Waals surface area contributed by atoms with Crippen LogP contribution in [0.4, 0.5) is 13.2 Å². The van der Waals surface area contributed by atoms with Crippen molar-refractivity contribution in [3.05, 3.63) is 29.8 Å². The van der Waals surface area contributed by atoms with E-state index in [2.05, 4.69) is 32.6 Å². The zero-order valence-electron chi connectivity index (χ0n) is 11.2. The molecule has 1 N–H and O–H groups in total. The van der Waals surface area contributed by atoms with Gasteiger partial charge in [0.2, 0.25) is 0 Å². The normalized spacial score (nSPS) is 11.6. The summed E-state index contributed by atoms with van der Waals surface area (Å²) in [4.78, 5) is 0. The largest absolute Gasteiger partial charge is 0.573 e. The van der Waals surface area contributed by atoms with Gasteiger partial charge in [0.25, 0.3) is 0 Å². The van der Waals surface area contributed by atoms with Gasteiger partial charge in [0.1, 0.15) is 5.75 Å². The molecule has 0 aliphatic rings. The van der Waals surface area contributed by atoms with E-state index in [-0.39, 0.29) is 5.75 Å². The van der Waals surface area contributed by atoms with Crippen LogP contribution in [0, 0.1) is 0 Å². The molecule has 2 nitrogen and oxygen atoms in total. The van der Waals surface area contributed by atoms with Crippen LogP contribution >= 0.6 is 22.6 Å². The van der Waals surface area contributed by atoms with E-state index in [0.29, 0.717) is 6.54 Å². The third-order valence-corrected chi connectivity index (χ3v) is 3.49. The Balaban J connectivity index is 2.18. The van der Waals surface area contributed by atoms with Gasteiger partial charge in [-0.15, -0.1) is 13.2 Å². The summed E-state index contributed by atoms with van der Waals surface area (Å²) in [5.74, 6) is -0.181. The molecule has 0 amide bonds. The van der Waals surface area contributed by atoms with Crippen molar-refractivity contribution in [2.45, 2.75) is 38.6 Å². The van der Waals surface area contributed by atoms with Crippen molar-refractivity contribution in [3.8, 4) is 5.75 Å². The molecule has 0 spiro atoms. The van der Waals surface area contributed by atoms with E-state index in [0.717, 1.165) is 18.5 Å². The molecule has 6 heteroatoms. The average Bonchev–Trinajstić information content (AvgIpc) is 2.38. The van der Waals surface area contributed by atoms with Crippen molar-refractivity contribution in [1.82, 2.24) is 5.32 Å². The molecular formula is C14H19F3INO. The van der Waals surface area contributed by atoms with Crippen molar-refractivity contribution in [1.29, 1.82) is 0 Å². The topological polar surface area (TPSA) is 21.3 Å². The van der Waals surface area contributed by atoms with E-state index < -0.39 is 6.36 Å². The number of unbranched alkanes of at least 4 members (excludes halogenated alkanes) is 3. The van der Waals surface area contributed by atoms with E-state index in [1.807, 2.05) is 0 Å². The smallest absolute Gasteiger partial charge is 0.406 e. The van der Waals surface area contributed by atoms with E-state index in [4.69, 9.17) is 0 Å². The highest BCUT2D eigenvalue weighted by Gasteiger charge is 2.30. The Hall–Kier alpha value is -0.500. The lowest BCUT2D eigenvalue weighted by Crippen LogP contribution is -2.17. The van der Waals surface area contributed by atoms with E-state index in [1.54, 1.807) is 12.1 Å². The van der Waals surface area contributed by atoms with Gasteiger partial charge in [-0.1, -0.05) is 47.6 Å². The van der Waals surface area contributed by atoms with Crippen LogP contribution in [-0.2, 0) is 6.54 Å². The Bertz CT molecular complexity index is 368. The molecule has 0 aliphatic heterocycles. The van der Waals surface area contributed by atoms with Gasteiger partial charge in [-0.25, -0.2) is 0 Å². The summed E-state index contributed by atoms with van der Waals surface area (Å²) in [6.45, 7) is 1.60. The maximum absolute atomic E-state index is 12.0. The number of nitrogens with one attached hydrogen (secondary N) is 1. The monoisotopic (exact) mass is 401 g/mol. The van der Waals surface area contributed by atoms with Crippen molar-refractivity contribution in [2.75, 3.05) is 11.0 Å². The summed E-state index contributed by atoms with van der Waals surface area (Å²) in [6.07, 6.45) is 0.243. The Morgan fingerprint density at radius 1 is 1.00 bits per heavy atom. The molecule has 20 heavy (non-hydrogen) atoms. The van der Waals surface area contributed by atoms with Crippen molar-refractivity contribution >= 4 is 22.6 Å². The molecule has 1 aromatic carbocycles. The van der Waals surface area contributed by atoms with Crippen LogP contribution in [0.3, 0.4) is 0 Å². The average molecular weight is 401 g/mol. The van der Waals surface area contributed by atoms with Crippen LogP contribution in [-0.4, -0.2) is 17.3 Å². The Morgan fingerprint density at radius 3 is 2.25 bits per heavy atom. The van der Waals surface area contributed by atoms with Crippen LogP contribution in [0.15, 0.2) is 24.3 Å². The molecule has 0 saturated heterocycles. The fourth-order valence-corrected chi connectivity index (χ4v) is 2.28. The van der Waals surface area contributed by atoms with Crippen LogP contribution in [0.25, 0.3) is 0 Å². The molecule has 0 aliphatic carbocycles. The molecule has 0 aromatic heterocycles. The van der Waals surface area contributed by atoms with E-state index >= 15 is 0 Å². The first kappa shape index (κ1) is 17.6. The number of ether oxygens (including phenoxy) is 1. The fourth-order valence-electron chi connectivity index (χ4n) is 1.74. The van der Waals surface area contributed by atoms with Gasteiger partial charge < -0.3 is 10.1 Å². The van der Waals surface area contributed by atoms with Crippen molar-refractivity contribution in [3.63, 3.8) is 0 Å². The lowest BCUT2D eigenvalue weighted by atomic mass is 10.2. The SMILES string of the molecule is FC(F)(F)Oc1ccc(CNCCCCCCI)cc1. The number of rotatable bonds is 9. The zero-order chi connectivity index (χ0) is 14.8. The third-order valence-electron chi connectivity index (χ3n) is 2.72. The van der Waals surface area contributed by atoms with Gasteiger partial charge in [0.15, 0.2) is 0 Å². The number of hydrogen-bond donors (Lipinski definition) is 1. The van der Waals surface area contributed by atoms with Crippen LogP contribution in [0.1, 0.15) is 31.2 Å². The van der Waals surface area contributed by atoms with Gasteiger partial charge in [-0.2, -0.15) is 0 Å². The third kappa shape index (κ3) is 8.63. The maximum Gasteiger partial charge on any atom is 0.573 e. The van der Waals surface area contributed by atoms with Crippen LogP contribution < -0.4 is 10.1 Å². The minimum Gasteiger partial charge on any atom is -0.406 e. The lowest BCUT2D eigenvalue weighted by molar-refractivity contribution is -0.274. The molecule has 0 heterocycles. The highest BCUT2D eigenvalue weighted by molar-refractivity contribution is 14.1. The van der Waals surface area contributed by atoms with Gasteiger partial charge in [-0.3, -0.25) is 0 Å². The number of halogens is 4. The number of hydrogen-bond acceptors (Lipinski definition) is 2. The summed E-state index contributed by atoms with van der Waals surface area (Å²) >= 11 is 2.38. The Morgan fingerprint density at radius 2 is 1.65 bits per heavy atom. The zero-order valence-corrected chi connectivity index (χ0v) is 13.3. The molecular weight excluding hydrogens is 382 g/mol. The highest BCUT2D eigenvalue weighted by atomic mass is 127. The molecule has 0 bridgehead atoms. The molecule has 0 radical (unpaired) electrons. The second kappa shape index (κ2) is 9.44. The van der Waals surface area contributed by atoms with E-state index in [9.17, 15) is 13.2 Å². The molecule has 1 rings (SSSR count). The first-order valence-electron chi connectivity index (χ1n) is 6.62. The van der Waals surface area contributed by atoms with Gasteiger partial charge in [-0.05, 0) is 41.5 Å². The molecule has 0 fully saturated rings. The molecule has 0 atom stereocenters. The summed E-state index contributed by atoms with van der Waals surface area (Å²) in [5, 5.41) is 3.28. The second-order valence-corrected chi connectivity index (χ2v) is 5.55. The number of benzene rings is 1. The number of alkyl halides is 4. The van der Waals surface area contributed by atoms with Crippen LogP contribution in [0.5, 0.6) is 5.75 Å². The molecule has 1 aromatic rings. The quantitative estimate of drug-likeness (QED) is 0.369. The second-order valence-electron chi connectivity index (χ2n) is 4.47. The van der Waals surface area contributed by atoms with Crippen molar-refractivity contribution in [2.24, 2.45) is 0 Å². The van der Waals surface area contributed by atoms with Crippen LogP contribution in [0.2, 0.25) is 0 Å². The van der Waals surface area contributed by atoms with Gasteiger partial charge in [0.05, 0.1) is 0 Å². The highest BCUT2D eigenvalue weighted by Crippen LogP contribution is 2.22. The predicted octanol–water partition coefficient (Wildman–Crippen LogP) is 4.67. The molecule has 114 valence electrons. The molecule has 0 unspecified atom stereocenters. The minimum atomic E-state index is -4.63. The summed E-state index contributed by atoms with van der Waals surface area (Å²) in [7, 11) is 0. The maximum atomic E-state index is 12.0. The predicted molar refractivity (Wildman–Crippen MR) is 82.2 cm³/mol. The lowest BCUT2D eigenvalue weighted by Gasteiger charge is -2.09. The van der Waals surface area contributed by atoms with E-state index in [1.165, 1.54) is 35.8 Å². The summed E-state index contributed by atoms with van der Waals surface area (Å²) < 4.78 is 41.0. The minimum absolute atomic E-state index is 0.181. The first-order valence-corrected chi connectivity index (χ1v) is 8.15. The molecule has 0 saturated carbocycles. The standard InChI is InChI=1S/C14H19F3INO/c15-14(16,17)20-13-7-5-12(6-8-13)11-19-10-4-2-1-3-9-18/h5-8,19H,1-4,9-11H2. The van der Waals surface area contributed by atoms with Gasteiger partial charge in [0, 0.05) is 6.54 Å². The summed E-state index contributed by atoms with van der Waals surface area (Å²) in [5.41, 5.74) is 0.951. The first-order chi connectivity index (χ1) is 9.51. The van der Waals surface area contributed by atoms with Crippen molar-refractivity contribution < 1.29 is 17.9 Å². The Labute approximate surface area is 131 Å². The Kier molecular flexibility index (Phi) is 8.28.